The molecule has 0 fully saturated rings. The van der Waals surface area contributed by atoms with E-state index in [4.69, 9.17) is 4.52 Å². The van der Waals surface area contributed by atoms with Gasteiger partial charge in [0.15, 0.2) is 0 Å². The molecular weight excluding hydrogens is 324 g/mol. The van der Waals surface area contributed by atoms with Gasteiger partial charge in [-0.3, -0.25) is 0 Å². The highest BCUT2D eigenvalue weighted by Gasteiger charge is 2.13. The van der Waals surface area contributed by atoms with E-state index in [1.165, 1.54) is 6.07 Å². The first-order valence-electron chi connectivity index (χ1n) is 5.75. The first kappa shape index (κ1) is 12.7. The zero-order valence-corrected chi connectivity index (χ0v) is 12.0. The lowest BCUT2D eigenvalue weighted by molar-refractivity contribution is 0.431. The summed E-state index contributed by atoms with van der Waals surface area (Å²) in [6, 6.07) is 5.01. The van der Waals surface area contributed by atoms with E-state index in [2.05, 4.69) is 36.0 Å². The molecule has 0 radical (unpaired) electrons. The molecule has 2 aromatic heterocycles. The number of aromatic nitrogens is 4. The van der Waals surface area contributed by atoms with Gasteiger partial charge in [-0.25, -0.2) is 9.97 Å². The van der Waals surface area contributed by atoms with Gasteiger partial charge < -0.3 is 9.63 Å². The number of hydrogen-bond acceptors (Lipinski definition) is 6. The first-order chi connectivity index (χ1) is 9.63. The summed E-state index contributed by atoms with van der Waals surface area (Å²) in [5.74, 6) is 1.11. The van der Waals surface area contributed by atoms with E-state index in [-0.39, 0.29) is 5.75 Å². The number of halogens is 1. The van der Waals surface area contributed by atoms with E-state index in [9.17, 15) is 5.11 Å². The highest BCUT2D eigenvalue weighted by atomic mass is 79.9. The molecule has 20 heavy (non-hydrogen) atoms. The highest BCUT2D eigenvalue weighted by molar-refractivity contribution is 9.10. The minimum atomic E-state index is 0.105. The lowest BCUT2D eigenvalue weighted by Crippen LogP contribution is -1.90. The Labute approximate surface area is 122 Å². The van der Waals surface area contributed by atoms with Crippen molar-refractivity contribution in [3.05, 3.63) is 40.6 Å². The second-order valence-electron chi connectivity index (χ2n) is 4.17. The first-order valence-corrected chi connectivity index (χ1v) is 6.54. The molecule has 0 aliphatic rings. The zero-order chi connectivity index (χ0) is 14.1. The van der Waals surface area contributed by atoms with Crippen LogP contribution in [0.15, 0.2) is 39.6 Å². The van der Waals surface area contributed by atoms with Crippen molar-refractivity contribution in [2.75, 3.05) is 0 Å². The van der Waals surface area contributed by atoms with Crippen LogP contribution in [0.5, 0.6) is 5.75 Å². The Morgan fingerprint density at radius 3 is 2.60 bits per heavy atom. The lowest BCUT2D eigenvalue weighted by atomic mass is 10.2. The largest absolute Gasteiger partial charge is 0.507 e. The number of benzene rings is 1. The maximum absolute atomic E-state index is 9.65. The normalized spacial score (nSPS) is 10.7. The SMILES string of the molecule is Cc1cnc(-c2noc(-c3ccc(Br)c(O)c3)n2)nc1. The summed E-state index contributed by atoms with van der Waals surface area (Å²) in [6.45, 7) is 1.90. The molecule has 1 N–H and O–H groups in total. The maximum Gasteiger partial charge on any atom is 0.258 e. The van der Waals surface area contributed by atoms with Crippen LogP contribution in [0.1, 0.15) is 5.56 Å². The molecule has 0 bridgehead atoms. The zero-order valence-electron chi connectivity index (χ0n) is 10.4. The summed E-state index contributed by atoms with van der Waals surface area (Å²) in [6.07, 6.45) is 3.37. The van der Waals surface area contributed by atoms with Gasteiger partial charge in [0.25, 0.3) is 5.89 Å². The van der Waals surface area contributed by atoms with Gasteiger partial charge in [-0.1, -0.05) is 5.16 Å². The third-order valence-electron chi connectivity index (χ3n) is 2.60. The van der Waals surface area contributed by atoms with Crippen molar-refractivity contribution < 1.29 is 9.63 Å². The van der Waals surface area contributed by atoms with E-state index < -0.39 is 0 Å². The van der Waals surface area contributed by atoms with E-state index in [1.807, 2.05) is 6.92 Å². The Balaban J connectivity index is 1.97. The minimum Gasteiger partial charge on any atom is -0.507 e. The molecule has 0 amide bonds. The van der Waals surface area contributed by atoms with Gasteiger partial charge in [0.1, 0.15) is 5.75 Å². The number of nitrogens with zero attached hydrogens (tertiary/aromatic N) is 4. The Kier molecular flexibility index (Phi) is 3.19. The van der Waals surface area contributed by atoms with Gasteiger partial charge in [-0.15, -0.1) is 0 Å². The molecule has 2 heterocycles. The molecule has 6 nitrogen and oxygen atoms in total. The van der Waals surface area contributed by atoms with Crippen LogP contribution in [0, 0.1) is 6.92 Å². The van der Waals surface area contributed by atoms with E-state index >= 15 is 0 Å². The smallest absolute Gasteiger partial charge is 0.258 e. The molecule has 100 valence electrons. The van der Waals surface area contributed by atoms with Gasteiger partial charge in [0.2, 0.25) is 11.6 Å². The van der Waals surface area contributed by atoms with Crippen molar-refractivity contribution in [3.8, 4) is 28.9 Å². The number of hydrogen-bond donors (Lipinski definition) is 1. The summed E-state index contributed by atoms with van der Waals surface area (Å²) >= 11 is 3.21. The fraction of sp³-hybridized carbons (Fsp3) is 0.0769. The monoisotopic (exact) mass is 332 g/mol. The standard InChI is InChI=1S/C13H9BrN4O2/c1-7-5-15-11(16-6-7)12-17-13(20-18-12)8-2-3-9(14)10(19)4-8/h2-6,19H,1H3. The second kappa shape index (κ2) is 5.01. The molecule has 0 spiro atoms. The number of phenolic OH excluding ortho intramolecular Hbond substituents is 1. The van der Waals surface area contributed by atoms with Crippen LogP contribution in [-0.4, -0.2) is 25.2 Å². The van der Waals surface area contributed by atoms with Crippen molar-refractivity contribution in [1.29, 1.82) is 0 Å². The van der Waals surface area contributed by atoms with Crippen molar-refractivity contribution in [2.24, 2.45) is 0 Å². The van der Waals surface area contributed by atoms with Crippen LogP contribution in [0.25, 0.3) is 23.1 Å². The summed E-state index contributed by atoms with van der Waals surface area (Å²) < 4.78 is 5.76. The van der Waals surface area contributed by atoms with Crippen molar-refractivity contribution in [1.82, 2.24) is 20.1 Å². The molecule has 0 aliphatic carbocycles. The highest BCUT2D eigenvalue weighted by Crippen LogP contribution is 2.29. The Morgan fingerprint density at radius 1 is 1.15 bits per heavy atom. The average Bonchev–Trinajstić information content (AvgIpc) is 2.92. The van der Waals surface area contributed by atoms with Gasteiger partial charge in [0, 0.05) is 18.0 Å². The van der Waals surface area contributed by atoms with E-state index in [1.54, 1.807) is 24.5 Å². The predicted octanol–water partition coefficient (Wildman–Crippen LogP) is 2.97. The second-order valence-corrected chi connectivity index (χ2v) is 5.03. The van der Waals surface area contributed by atoms with Gasteiger partial charge in [0.05, 0.1) is 4.47 Å². The van der Waals surface area contributed by atoms with E-state index in [0.717, 1.165) is 5.56 Å². The molecule has 7 heteroatoms. The Morgan fingerprint density at radius 2 is 1.90 bits per heavy atom. The predicted molar refractivity (Wildman–Crippen MR) is 74.9 cm³/mol. The van der Waals surface area contributed by atoms with Gasteiger partial charge in [-0.2, -0.15) is 4.98 Å². The lowest BCUT2D eigenvalue weighted by Gasteiger charge is -1.98. The number of rotatable bonds is 2. The molecule has 0 saturated carbocycles. The van der Waals surface area contributed by atoms with Crippen molar-refractivity contribution >= 4 is 15.9 Å². The van der Waals surface area contributed by atoms with Crippen molar-refractivity contribution in [3.63, 3.8) is 0 Å². The Hall–Kier alpha value is -2.28. The third kappa shape index (κ3) is 2.39. The molecular formula is C13H9BrN4O2. The number of aromatic hydroxyl groups is 1. The third-order valence-corrected chi connectivity index (χ3v) is 3.27. The molecule has 1 aromatic carbocycles. The fourth-order valence-corrected chi connectivity index (χ4v) is 1.83. The summed E-state index contributed by atoms with van der Waals surface area (Å²) in [7, 11) is 0. The molecule has 0 atom stereocenters. The van der Waals surface area contributed by atoms with Crippen LogP contribution in [0.2, 0.25) is 0 Å². The van der Waals surface area contributed by atoms with Crippen LogP contribution in [-0.2, 0) is 0 Å². The molecule has 3 aromatic rings. The number of aryl methyl sites for hydroxylation is 1. The topological polar surface area (TPSA) is 84.9 Å². The van der Waals surface area contributed by atoms with Crippen LogP contribution < -0.4 is 0 Å². The summed E-state index contributed by atoms with van der Waals surface area (Å²) in [4.78, 5) is 12.5. The molecule has 3 rings (SSSR count). The van der Waals surface area contributed by atoms with Crippen LogP contribution >= 0.6 is 15.9 Å². The summed E-state index contributed by atoms with van der Waals surface area (Å²) in [5, 5.41) is 13.5. The van der Waals surface area contributed by atoms with Crippen molar-refractivity contribution in [2.45, 2.75) is 6.92 Å². The molecule has 0 aliphatic heterocycles. The maximum atomic E-state index is 9.65. The Bertz CT molecular complexity index is 755. The minimum absolute atomic E-state index is 0.105. The van der Waals surface area contributed by atoms with Gasteiger partial charge in [-0.05, 0) is 46.6 Å². The van der Waals surface area contributed by atoms with Crippen LogP contribution in [0.3, 0.4) is 0 Å². The number of phenols is 1. The van der Waals surface area contributed by atoms with E-state index in [0.29, 0.717) is 27.6 Å². The average molecular weight is 333 g/mol. The molecule has 0 unspecified atom stereocenters. The van der Waals surface area contributed by atoms with Crippen LogP contribution in [0.4, 0.5) is 0 Å². The van der Waals surface area contributed by atoms with Gasteiger partial charge >= 0.3 is 0 Å². The fourth-order valence-electron chi connectivity index (χ4n) is 1.59. The summed E-state index contributed by atoms with van der Waals surface area (Å²) in [5.41, 5.74) is 1.58. The molecule has 0 saturated heterocycles. The quantitative estimate of drug-likeness (QED) is 0.776.